The van der Waals surface area contributed by atoms with Crippen LogP contribution in [0.4, 0.5) is 4.79 Å². The molecule has 2 aromatic carbocycles. The van der Waals surface area contributed by atoms with E-state index in [0.29, 0.717) is 19.5 Å². The number of nitrogens with one attached hydrogen (secondary N) is 1. The largest absolute Gasteiger partial charge is 0.481 e. The van der Waals surface area contributed by atoms with E-state index < -0.39 is 18.0 Å². The molecule has 2 aliphatic rings. The summed E-state index contributed by atoms with van der Waals surface area (Å²) in [5.41, 5.74) is 4.68. The fourth-order valence-corrected chi connectivity index (χ4v) is 4.66. The zero-order valence-corrected chi connectivity index (χ0v) is 19.0. The van der Waals surface area contributed by atoms with Crippen molar-refractivity contribution in [1.82, 2.24) is 10.2 Å². The maximum absolute atomic E-state index is 12.7. The molecule has 2 amide bonds. The van der Waals surface area contributed by atoms with Crippen molar-refractivity contribution in [3.63, 3.8) is 0 Å². The van der Waals surface area contributed by atoms with Crippen molar-refractivity contribution >= 4 is 18.0 Å². The number of carboxylic acid groups (broad SMARTS) is 1. The fraction of sp³-hybridized carbons (Fsp3) is 0.423. The minimum Gasteiger partial charge on any atom is -0.481 e. The standard InChI is InChI=1S/C26H30N2O5/c1-3-28(14-16(2)25(30)31)24(29)22-12-17(22)13-27-26(32)33-15-23-20-10-6-4-8-18(20)19-9-5-7-11-21(19)23/h4-11,16-17,22-23H,3,12-15H2,1-2H3,(H,27,32)(H,30,31)/t16?,17-,22-/m0/s1. The third kappa shape index (κ3) is 4.87. The van der Waals surface area contributed by atoms with Crippen LogP contribution in [-0.2, 0) is 14.3 Å². The predicted molar refractivity (Wildman–Crippen MR) is 124 cm³/mol. The first-order valence-corrected chi connectivity index (χ1v) is 11.5. The highest BCUT2D eigenvalue weighted by molar-refractivity contribution is 5.82. The van der Waals surface area contributed by atoms with Gasteiger partial charge in [-0.2, -0.15) is 0 Å². The summed E-state index contributed by atoms with van der Waals surface area (Å²) < 4.78 is 5.55. The monoisotopic (exact) mass is 450 g/mol. The first kappa shape index (κ1) is 22.8. The lowest BCUT2D eigenvalue weighted by atomic mass is 9.98. The van der Waals surface area contributed by atoms with Crippen LogP contribution in [0.2, 0.25) is 0 Å². The maximum atomic E-state index is 12.7. The number of hydrogen-bond acceptors (Lipinski definition) is 4. The number of carbonyl (C=O) groups excluding carboxylic acids is 2. The van der Waals surface area contributed by atoms with Crippen LogP contribution in [0.5, 0.6) is 0 Å². The van der Waals surface area contributed by atoms with Gasteiger partial charge in [-0.3, -0.25) is 9.59 Å². The summed E-state index contributed by atoms with van der Waals surface area (Å²) in [5.74, 6) is -1.65. The molecule has 7 heteroatoms. The van der Waals surface area contributed by atoms with E-state index in [1.165, 1.54) is 11.1 Å². The zero-order valence-electron chi connectivity index (χ0n) is 19.0. The van der Waals surface area contributed by atoms with E-state index in [9.17, 15) is 14.4 Å². The van der Waals surface area contributed by atoms with Crippen LogP contribution in [0.15, 0.2) is 48.5 Å². The smallest absolute Gasteiger partial charge is 0.407 e. The van der Waals surface area contributed by atoms with Gasteiger partial charge in [0.15, 0.2) is 0 Å². The van der Waals surface area contributed by atoms with Gasteiger partial charge < -0.3 is 20.1 Å². The third-order valence-electron chi connectivity index (χ3n) is 6.70. The maximum Gasteiger partial charge on any atom is 0.407 e. The van der Waals surface area contributed by atoms with Gasteiger partial charge in [0.2, 0.25) is 5.91 Å². The Balaban J connectivity index is 1.26. The van der Waals surface area contributed by atoms with Gasteiger partial charge in [0.25, 0.3) is 0 Å². The molecule has 0 aliphatic heterocycles. The average Bonchev–Trinajstić information content (AvgIpc) is 3.54. The number of aliphatic carboxylic acids is 1. The van der Waals surface area contributed by atoms with E-state index in [1.54, 1.807) is 11.8 Å². The van der Waals surface area contributed by atoms with Crippen molar-refractivity contribution in [2.45, 2.75) is 26.2 Å². The number of benzene rings is 2. The Hall–Kier alpha value is -3.35. The number of carboxylic acids is 1. The van der Waals surface area contributed by atoms with Crippen LogP contribution in [0.3, 0.4) is 0 Å². The molecule has 1 saturated carbocycles. The highest BCUT2D eigenvalue weighted by Crippen LogP contribution is 2.44. The lowest BCUT2D eigenvalue weighted by Crippen LogP contribution is -2.38. The van der Waals surface area contributed by atoms with Crippen LogP contribution in [0, 0.1) is 17.8 Å². The number of amides is 2. The lowest BCUT2D eigenvalue weighted by Gasteiger charge is -2.23. The van der Waals surface area contributed by atoms with E-state index in [-0.39, 0.29) is 36.8 Å². The Kier molecular flexibility index (Phi) is 6.67. The molecule has 2 N–H and O–H groups in total. The van der Waals surface area contributed by atoms with Crippen molar-refractivity contribution in [3.8, 4) is 11.1 Å². The molecule has 0 spiro atoms. The summed E-state index contributed by atoms with van der Waals surface area (Å²) in [5, 5.41) is 11.9. The molecule has 33 heavy (non-hydrogen) atoms. The van der Waals surface area contributed by atoms with E-state index >= 15 is 0 Å². The normalized spacial score (nSPS) is 19.2. The van der Waals surface area contributed by atoms with Gasteiger partial charge in [0.05, 0.1) is 5.92 Å². The van der Waals surface area contributed by atoms with Crippen LogP contribution in [-0.4, -0.2) is 54.2 Å². The van der Waals surface area contributed by atoms with Crippen molar-refractivity contribution in [2.75, 3.05) is 26.2 Å². The Bertz CT molecular complexity index is 1010. The highest BCUT2D eigenvalue weighted by atomic mass is 16.5. The number of nitrogens with zero attached hydrogens (tertiary/aromatic N) is 1. The third-order valence-corrected chi connectivity index (χ3v) is 6.70. The number of alkyl carbamates (subject to hydrolysis) is 1. The van der Waals surface area contributed by atoms with Gasteiger partial charge in [-0.05, 0) is 41.5 Å². The first-order chi connectivity index (χ1) is 15.9. The second-order valence-corrected chi connectivity index (χ2v) is 8.92. The van der Waals surface area contributed by atoms with E-state index in [1.807, 2.05) is 31.2 Å². The molecular formula is C26H30N2O5. The summed E-state index contributed by atoms with van der Waals surface area (Å²) in [6.07, 6.45) is 0.210. The minimum atomic E-state index is -0.912. The highest BCUT2D eigenvalue weighted by Gasteiger charge is 2.45. The molecule has 3 atom stereocenters. The second-order valence-electron chi connectivity index (χ2n) is 8.92. The van der Waals surface area contributed by atoms with E-state index in [0.717, 1.165) is 11.1 Å². The molecule has 4 rings (SSSR count). The predicted octanol–water partition coefficient (Wildman–Crippen LogP) is 3.73. The number of hydrogen-bond donors (Lipinski definition) is 2. The number of rotatable bonds is 9. The molecule has 1 fully saturated rings. The quantitative estimate of drug-likeness (QED) is 0.607. The van der Waals surface area contributed by atoms with Crippen molar-refractivity contribution in [1.29, 1.82) is 0 Å². The lowest BCUT2D eigenvalue weighted by molar-refractivity contribution is -0.143. The van der Waals surface area contributed by atoms with Gasteiger partial charge in [-0.25, -0.2) is 4.79 Å². The molecule has 0 radical (unpaired) electrons. The summed E-state index contributed by atoms with van der Waals surface area (Å²) in [6.45, 7) is 4.75. The molecule has 0 bridgehead atoms. The molecule has 0 aromatic heterocycles. The Morgan fingerprint density at radius 2 is 1.70 bits per heavy atom. The van der Waals surface area contributed by atoms with Crippen molar-refractivity contribution in [3.05, 3.63) is 59.7 Å². The van der Waals surface area contributed by atoms with Crippen molar-refractivity contribution < 1.29 is 24.2 Å². The van der Waals surface area contributed by atoms with Gasteiger partial charge in [-0.15, -0.1) is 0 Å². The average molecular weight is 451 g/mol. The zero-order chi connectivity index (χ0) is 23.5. The molecule has 2 aromatic rings. The molecule has 7 nitrogen and oxygen atoms in total. The van der Waals surface area contributed by atoms with Gasteiger partial charge >= 0.3 is 12.1 Å². The number of ether oxygens (including phenoxy) is 1. The topological polar surface area (TPSA) is 95.9 Å². The van der Waals surface area contributed by atoms with Gasteiger partial charge in [-0.1, -0.05) is 55.5 Å². The van der Waals surface area contributed by atoms with E-state index in [2.05, 4.69) is 29.6 Å². The van der Waals surface area contributed by atoms with Crippen LogP contribution in [0.25, 0.3) is 11.1 Å². The second kappa shape index (κ2) is 9.65. The van der Waals surface area contributed by atoms with E-state index in [4.69, 9.17) is 9.84 Å². The number of carbonyl (C=O) groups is 3. The van der Waals surface area contributed by atoms with Crippen LogP contribution >= 0.6 is 0 Å². The molecule has 2 aliphatic carbocycles. The summed E-state index contributed by atoms with van der Waals surface area (Å²) in [7, 11) is 0. The minimum absolute atomic E-state index is 0.00717. The Morgan fingerprint density at radius 1 is 1.09 bits per heavy atom. The van der Waals surface area contributed by atoms with Crippen LogP contribution < -0.4 is 5.32 Å². The SMILES string of the molecule is CCN(CC(C)C(=O)O)C(=O)[C@H]1C[C@H]1CNC(=O)OCC1c2ccccc2-c2ccccc21. The molecule has 1 unspecified atom stereocenters. The summed E-state index contributed by atoms with van der Waals surface area (Å²) >= 11 is 0. The van der Waals surface area contributed by atoms with Crippen LogP contribution in [0.1, 0.15) is 37.3 Å². The number of fused-ring (bicyclic) bond motifs is 3. The molecule has 0 saturated heterocycles. The summed E-state index contributed by atoms with van der Waals surface area (Å²) in [4.78, 5) is 37.7. The Labute approximate surface area is 193 Å². The fourth-order valence-electron chi connectivity index (χ4n) is 4.66. The molecule has 0 heterocycles. The van der Waals surface area contributed by atoms with Gasteiger partial charge in [0, 0.05) is 31.5 Å². The first-order valence-electron chi connectivity index (χ1n) is 11.5. The van der Waals surface area contributed by atoms with Crippen molar-refractivity contribution in [2.24, 2.45) is 17.8 Å². The summed E-state index contributed by atoms with van der Waals surface area (Å²) in [6, 6.07) is 16.4. The molecule has 174 valence electrons. The Morgan fingerprint density at radius 3 is 2.27 bits per heavy atom. The molecular weight excluding hydrogens is 420 g/mol. The van der Waals surface area contributed by atoms with Gasteiger partial charge in [0.1, 0.15) is 6.61 Å².